The van der Waals surface area contributed by atoms with Crippen LogP contribution in [0.4, 0.5) is 0 Å². The van der Waals surface area contributed by atoms with E-state index in [-0.39, 0.29) is 4.21 Å². The smallest absolute Gasteiger partial charge is 0.206 e. The predicted octanol–water partition coefficient (Wildman–Crippen LogP) is 3.46. The third kappa shape index (κ3) is 3.56. The summed E-state index contributed by atoms with van der Waals surface area (Å²) in [6.07, 6.45) is 1.74. The molecule has 0 saturated carbocycles. The Balaban J connectivity index is 2.04. The molecular formula is C12H11ClO2S2. The first-order valence-electron chi connectivity index (χ1n) is 5.13. The Morgan fingerprint density at radius 3 is 2.29 bits per heavy atom. The van der Waals surface area contributed by atoms with Gasteiger partial charge in [-0.1, -0.05) is 30.3 Å². The number of hydrogen-bond donors (Lipinski definition) is 0. The van der Waals surface area contributed by atoms with Gasteiger partial charge in [0.1, 0.15) is 4.21 Å². The van der Waals surface area contributed by atoms with Gasteiger partial charge in [-0.15, -0.1) is 11.3 Å². The lowest BCUT2D eigenvalue weighted by Gasteiger charge is -1.98. The number of benzene rings is 1. The molecule has 0 aliphatic rings. The van der Waals surface area contributed by atoms with E-state index in [4.69, 9.17) is 10.7 Å². The topological polar surface area (TPSA) is 34.1 Å². The molecule has 1 aromatic heterocycles. The van der Waals surface area contributed by atoms with Crippen molar-refractivity contribution in [1.82, 2.24) is 0 Å². The lowest BCUT2D eigenvalue weighted by Crippen LogP contribution is -1.87. The molecule has 0 saturated heterocycles. The number of thiophene rings is 1. The van der Waals surface area contributed by atoms with Crippen LogP contribution in [0.5, 0.6) is 0 Å². The summed E-state index contributed by atoms with van der Waals surface area (Å²) in [5.41, 5.74) is 1.25. The number of halogens is 1. The van der Waals surface area contributed by atoms with Gasteiger partial charge in [-0.3, -0.25) is 0 Å². The molecule has 0 aliphatic carbocycles. The zero-order valence-electron chi connectivity index (χ0n) is 8.97. The van der Waals surface area contributed by atoms with Crippen LogP contribution in [0.2, 0.25) is 0 Å². The summed E-state index contributed by atoms with van der Waals surface area (Å²) in [4.78, 5) is 1.04. The van der Waals surface area contributed by atoms with Crippen LogP contribution in [0, 0.1) is 0 Å². The molecule has 0 atom stereocenters. The average molecular weight is 287 g/mol. The lowest BCUT2D eigenvalue weighted by molar-refractivity contribution is 0.611. The van der Waals surface area contributed by atoms with Crippen molar-refractivity contribution in [2.45, 2.75) is 17.1 Å². The molecule has 5 heteroatoms. The van der Waals surface area contributed by atoms with E-state index in [1.807, 2.05) is 24.3 Å². The van der Waals surface area contributed by atoms with Gasteiger partial charge < -0.3 is 0 Å². The minimum absolute atomic E-state index is 0.224. The van der Waals surface area contributed by atoms with E-state index in [1.54, 1.807) is 6.07 Å². The summed E-state index contributed by atoms with van der Waals surface area (Å²) in [6.45, 7) is 0. The van der Waals surface area contributed by atoms with Crippen LogP contribution in [0.15, 0.2) is 46.7 Å². The van der Waals surface area contributed by atoms with Crippen molar-refractivity contribution in [2.75, 3.05) is 0 Å². The lowest BCUT2D eigenvalue weighted by atomic mass is 10.1. The van der Waals surface area contributed by atoms with Crippen molar-refractivity contribution in [2.24, 2.45) is 0 Å². The van der Waals surface area contributed by atoms with E-state index in [9.17, 15) is 8.42 Å². The Morgan fingerprint density at radius 1 is 1.00 bits per heavy atom. The summed E-state index contributed by atoms with van der Waals surface area (Å²) in [5, 5.41) is 0. The molecule has 17 heavy (non-hydrogen) atoms. The SMILES string of the molecule is O=S(=O)(Cl)c1ccc(CCc2ccccc2)s1. The van der Waals surface area contributed by atoms with E-state index in [0.717, 1.165) is 17.7 Å². The molecule has 0 amide bonds. The van der Waals surface area contributed by atoms with Crippen LogP contribution in [-0.4, -0.2) is 8.42 Å². The van der Waals surface area contributed by atoms with Gasteiger partial charge in [0.15, 0.2) is 0 Å². The van der Waals surface area contributed by atoms with Gasteiger partial charge in [-0.25, -0.2) is 8.42 Å². The van der Waals surface area contributed by atoms with Crippen molar-refractivity contribution in [3.05, 3.63) is 52.9 Å². The predicted molar refractivity (Wildman–Crippen MR) is 71.2 cm³/mol. The summed E-state index contributed by atoms with van der Waals surface area (Å²) >= 11 is 1.24. The first kappa shape index (κ1) is 12.6. The van der Waals surface area contributed by atoms with Gasteiger partial charge in [0.25, 0.3) is 9.05 Å². The average Bonchev–Trinajstić information content (AvgIpc) is 2.76. The Labute approximate surface area is 109 Å². The van der Waals surface area contributed by atoms with Gasteiger partial charge in [0, 0.05) is 15.6 Å². The van der Waals surface area contributed by atoms with E-state index < -0.39 is 9.05 Å². The van der Waals surface area contributed by atoms with E-state index in [2.05, 4.69) is 12.1 Å². The van der Waals surface area contributed by atoms with Gasteiger partial charge in [0.2, 0.25) is 0 Å². The second-order valence-corrected chi connectivity index (χ2v) is 7.61. The van der Waals surface area contributed by atoms with Gasteiger partial charge in [-0.2, -0.15) is 0 Å². The molecule has 2 aromatic rings. The Morgan fingerprint density at radius 2 is 1.71 bits per heavy atom. The van der Waals surface area contributed by atoms with Crippen molar-refractivity contribution in [3.8, 4) is 0 Å². The third-order valence-corrected chi connectivity index (χ3v) is 5.62. The Bertz CT molecular complexity index is 588. The zero-order chi connectivity index (χ0) is 12.3. The molecular weight excluding hydrogens is 276 g/mol. The fraction of sp³-hybridized carbons (Fsp3) is 0.167. The maximum Gasteiger partial charge on any atom is 0.270 e. The van der Waals surface area contributed by atoms with Crippen LogP contribution in [0.3, 0.4) is 0 Å². The van der Waals surface area contributed by atoms with E-state index in [0.29, 0.717) is 0 Å². The normalized spacial score (nSPS) is 11.6. The third-order valence-electron chi connectivity index (χ3n) is 2.38. The standard InChI is InChI=1S/C12H11ClO2S2/c13-17(14,15)12-9-8-11(16-12)7-6-10-4-2-1-3-5-10/h1-5,8-9H,6-7H2. The summed E-state index contributed by atoms with van der Waals surface area (Å²) < 4.78 is 22.4. The Hall–Kier alpha value is -0.840. The van der Waals surface area contributed by atoms with Crippen molar-refractivity contribution in [3.63, 3.8) is 0 Å². The molecule has 90 valence electrons. The molecule has 0 aliphatic heterocycles. The second-order valence-electron chi connectivity index (χ2n) is 3.64. The molecule has 0 bridgehead atoms. The molecule has 2 rings (SSSR count). The molecule has 2 nitrogen and oxygen atoms in total. The molecule has 0 unspecified atom stereocenters. The Kier molecular flexibility index (Phi) is 3.86. The van der Waals surface area contributed by atoms with Crippen LogP contribution < -0.4 is 0 Å². The van der Waals surface area contributed by atoms with Crippen molar-refractivity contribution in [1.29, 1.82) is 0 Å². The molecule has 0 N–H and O–H groups in total. The van der Waals surface area contributed by atoms with Crippen molar-refractivity contribution < 1.29 is 8.42 Å². The second kappa shape index (κ2) is 5.21. The highest BCUT2D eigenvalue weighted by molar-refractivity contribution is 8.15. The minimum atomic E-state index is -3.57. The zero-order valence-corrected chi connectivity index (χ0v) is 11.4. The molecule has 0 radical (unpaired) electrons. The van der Waals surface area contributed by atoms with Gasteiger partial charge in [0.05, 0.1) is 0 Å². The quantitative estimate of drug-likeness (QED) is 0.807. The van der Waals surface area contributed by atoms with E-state index in [1.165, 1.54) is 16.9 Å². The van der Waals surface area contributed by atoms with Crippen LogP contribution >= 0.6 is 22.0 Å². The monoisotopic (exact) mass is 286 g/mol. The maximum absolute atomic E-state index is 11.1. The fourth-order valence-electron chi connectivity index (χ4n) is 1.54. The molecule has 1 aromatic carbocycles. The fourth-order valence-corrected chi connectivity index (χ4v) is 3.66. The first-order chi connectivity index (χ1) is 8.05. The van der Waals surface area contributed by atoms with Crippen molar-refractivity contribution >= 4 is 31.1 Å². The summed E-state index contributed by atoms with van der Waals surface area (Å²) in [5.74, 6) is 0. The largest absolute Gasteiger partial charge is 0.270 e. The maximum atomic E-state index is 11.1. The molecule has 0 spiro atoms. The number of aryl methyl sites for hydroxylation is 2. The molecule has 0 fully saturated rings. The molecule has 1 heterocycles. The van der Waals surface area contributed by atoms with Crippen LogP contribution in [-0.2, 0) is 21.9 Å². The summed E-state index contributed by atoms with van der Waals surface area (Å²) in [6, 6.07) is 13.5. The minimum Gasteiger partial charge on any atom is -0.206 e. The van der Waals surface area contributed by atoms with Crippen LogP contribution in [0.25, 0.3) is 0 Å². The highest BCUT2D eigenvalue weighted by Crippen LogP contribution is 2.25. The first-order valence-corrected chi connectivity index (χ1v) is 8.25. The highest BCUT2D eigenvalue weighted by atomic mass is 35.7. The summed E-state index contributed by atoms with van der Waals surface area (Å²) in [7, 11) is 1.70. The highest BCUT2D eigenvalue weighted by Gasteiger charge is 2.12. The number of rotatable bonds is 4. The number of hydrogen-bond acceptors (Lipinski definition) is 3. The van der Waals surface area contributed by atoms with Gasteiger partial charge >= 0.3 is 0 Å². The van der Waals surface area contributed by atoms with E-state index >= 15 is 0 Å². The van der Waals surface area contributed by atoms with Gasteiger partial charge in [-0.05, 0) is 30.5 Å². The van der Waals surface area contributed by atoms with Crippen LogP contribution in [0.1, 0.15) is 10.4 Å².